The van der Waals surface area contributed by atoms with Crippen LogP contribution in [-0.2, 0) is 6.42 Å². The van der Waals surface area contributed by atoms with E-state index in [1.807, 2.05) is 18.2 Å². The van der Waals surface area contributed by atoms with Gasteiger partial charge in [0.05, 0.1) is 14.2 Å². The summed E-state index contributed by atoms with van der Waals surface area (Å²) in [5, 5.41) is 3.42. The van der Waals surface area contributed by atoms with Crippen molar-refractivity contribution >= 4 is 5.69 Å². The molecule has 0 spiro atoms. The summed E-state index contributed by atoms with van der Waals surface area (Å²) >= 11 is 0. The Morgan fingerprint density at radius 3 is 2.14 bits per heavy atom. The third-order valence-electron chi connectivity index (χ3n) is 3.42. The Morgan fingerprint density at radius 2 is 1.52 bits per heavy atom. The zero-order valence-electron chi connectivity index (χ0n) is 12.8. The maximum absolute atomic E-state index is 5.26. The van der Waals surface area contributed by atoms with Crippen LogP contribution >= 0.6 is 0 Å². The molecule has 2 rings (SSSR count). The molecule has 112 valence electrons. The number of methoxy groups -OCH3 is 2. The summed E-state index contributed by atoms with van der Waals surface area (Å²) in [4.78, 5) is 0. The van der Waals surface area contributed by atoms with Crippen LogP contribution in [0.1, 0.15) is 18.4 Å². The van der Waals surface area contributed by atoms with E-state index in [1.54, 1.807) is 14.2 Å². The molecule has 0 heterocycles. The molecule has 2 aromatic rings. The highest BCUT2D eigenvalue weighted by Crippen LogP contribution is 2.25. The molecule has 0 fully saturated rings. The second-order valence-electron chi connectivity index (χ2n) is 4.97. The van der Waals surface area contributed by atoms with Crippen LogP contribution in [0.15, 0.2) is 48.5 Å². The smallest absolute Gasteiger partial charge is 0.124 e. The first kappa shape index (κ1) is 15.2. The van der Waals surface area contributed by atoms with Crippen molar-refractivity contribution in [3.8, 4) is 11.5 Å². The standard InChI is InChI=1S/C18H23NO2/c1-20-17-12-16(13-18(14-17)21-2)19-11-7-6-10-15-8-4-3-5-9-15/h3-5,8-9,12-14,19H,6-7,10-11H2,1-2H3. The fraction of sp³-hybridized carbons (Fsp3) is 0.333. The van der Waals surface area contributed by atoms with E-state index in [0.29, 0.717) is 0 Å². The quantitative estimate of drug-likeness (QED) is 0.739. The average Bonchev–Trinajstić information content (AvgIpc) is 2.55. The minimum absolute atomic E-state index is 0.807. The first-order valence-electron chi connectivity index (χ1n) is 7.32. The Kier molecular flexibility index (Phi) is 5.95. The zero-order chi connectivity index (χ0) is 14.9. The van der Waals surface area contributed by atoms with Crippen molar-refractivity contribution in [3.05, 3.63) is 54.1 Å². The van der Waals surface area contributed by atoms with Crippen LogP contribution in [0.3, 0.4) is 0 Å². The molecule has 2 aromatic carbocycles. The van der Waals surface area contributed by atoms with Gasteiger partial charge < -0.3 is 14.8 Å². The molecular formula is C18H23NO2. The Balaban J connectivity index is 1.75. The Morgan fingerprint density at radius 1 is 0.857 bits per heavy atom. The highest BCUT2D eigenvalue weighted by atomic mass is 16.5. The predicted molar refractivity (Wildman–Crippen MR) is 87.4 cm³/mol. The van der Waals surface area contributed by atoms with E-state index in [0.717, 1.165) is 36.6 Å². The molecule has 0 saturated carbocycles. The van der Waals surface area contributed by atoms with Crippen LogP contribution in [-0.4, -0.2) is 20.8 Å². The minimum Gasteiger partial charge on any atom is -0.497 e. The van der Waals surface area contributed by atoms with Gasteiger partial charge >= 0.3 is 0 Å². The first-order valence-corrected chi connectivity index (χ1v) is 7.32. The number of benzene rings is 2. The molecule has 21 heavy (non-hydrogen) atoms. The lowest BCUT2D eigenvalue weighted by Crippen LogP contribution is -2.02. The molecule has 0 aromatic heterocycles. The van der Waals surface area contributed by atoms with Gasteiger partial charge in [0, 0.05) is 30.4 Å². The van der Waals surface area contributed by atoms with E-state index in [-0.39, 0.29) is 0 Å². The summed E-state index contributed by atoms with van der Waals surface area (Å²) in [6.45, 7) is 0.948. The van der Waals surface area contributed by atoms with Gasteiger partial charge in [0.1, 0.15) is 11.5 Å². The van der Waals surface area contributed by atoms with Crippen LogP contribution in [0.25, 0.3) is 0 Å². The molecule has 0 amide bonds. The van der Waals surface area contributed by atoms with Crippen molar-refractivity contribution < 1.29 is 9.47 Å². The molecule has 3 heteroatoms. The summed E-state index contributed by atoms with van der Waals surface area (Å²) in [5.41, 5.74) is 2.44. The van der Waals surface area contributed by atoms with E-state index in [4.69, 9.17) is 9.47 Å². The molecule has 0 aliphatic carbocycles. The minimum atomic E-state index is 0.807. The second-order valence-corrected chi connectivity index (χ2v) is 4.97. The maximum atomic E-state index is 5.26. The van der Waals surface area contributed by atoms with E-state index in [1.165, 1.54) is 12.0 Å². The predicted octanol–water partition coefficient (Wildman–Crippen LogP) is 4.14. The highest BCUT2D eigenvalue weighted by molar-refractivity contribution is 5.53. The van der Waals surface area contributed by atoms with Crippen molar-refractivity contribution in [2.45, 2.75) is 19.3 Å². The fourth-order valence-corrected chi connectivity index (χ4v) is 2.24. The van der Waals surface area contributed by atoms with Crippen molar-refractivity contribution in [2.75, 3.05) is 26.1 Å². The first-order chi connectivity index (χ1) is 10.3. The molecule has 0 radical (unpaired) electrons. The molecule has 0 unspecified atom stereocenters. The van der Waals surface area contributed by atoms with Crippen molar-refractivity contribution in [1.29, 1.82) is 0 Å². The lowest BCUT2D eigenvalue weighted by Gasteiger charge is -2.10. The van der Waals surface area contributed by atoms with Crippen LogP contribution < -0.4 is 14.8 Å². The van der Waals surface area contributed by atoms with E-state index < -0.39 is 0 Å². The van der Waals surface area contributed by atoms with Crippen molar-refractivity contribution in [2.24, 2.45) is 0 Å². The molecule has 0 atom stereocenters. The van der Waals surface area contributed by atoms with E-state index in [9.17, 15) is 0 Å². The van der Waals surface area contributed by atoms with Gasteiger partial charge in [-0.15, -0.1) is 0 Å². The summed E-state index contributed by atoms with van der Waals surface area (Å²) in [6, 6.07) is 16.5. The summed E-state index contributed by atoms with van der Waals surface area (Å²) in [6.07, 6.45) is 3.44. The Labute approximate surface area is 126 Å². The molecule has 0 aliphatic heterocycles. The van der Waals surface area contributed by atoms with Crippen LogP contribution in [0.4, 0.5) is 5.69 Å². The lowest BCUT2D eigenvalue weighted by atomic mass is 10.1. The lowest BCUT2D eigenvalue weighted by molar-refractivity contribution is 0.394. The van der Waals surface area contributed by atoms with Crippen LogP contribution in [0.5, 0.6) is 11.5 Å². The topological polar surface area (TPSA) is 30.5 Å². The molecule has 3 nitrogen and oxygen atoms in total. The Bertz CT molecular complexity index is 518. The number of anilines is 1. The number of rotatable bonds is 8. The van der Waals surface area contributed by atoms with Crippen molar-refractivity contribution in [3.63, 3.8) is 0 Å². The summed E-state index contributed by atoms with van der Waals surface area (Å²) < 4.78 is 10.5. The summed E-state index contributed by atoms with van der Waals surface area (Å²) in [5.74, 6) is 1.61. The number of hydrogen-bond donors (Lipinski definition) is 1. The zero-order valence-corrected chi connectivity index (χ0v) is 12.8. The van der Waals surface area contributed by atoms with Gasteiger partial charge in [0.25, 0.3) is 0 Å². The SMILES string of the molecule is COc1cc(NCCCCc2ccccc2)cc(OC)c1. The third kappa shape index (κ3) is 5.03. The normalized spacial score (nSPS) is 10.2. The third-order valence-corrected chi connectivity index (χ3v) is 3.42. The highest BCUT2D eigenvalue weighted by Gasteiger charge is 2.01. The number of aryl methyl sites for hydroxylation is 1. The van der Waals surface area contributed by atoms with Gasteiger partial charge in [-0.1, -0.05) is 30.3 Å². The molecule has 0 saturated heterocycles. The van der Waals surface area contributed by atoms with Gasteiger partial charge in [-0.05, 0) is 24.8 Å². The van der Waals surface area contributed by atoms with Gasteiger partial charge in [-0.25, -0.2) is 0 Å². The average molecular weight is 285 g/mol. The number of nitrogens with one attached hydrogen (secondary N) is 1. The number of ether oxygens (including phenoxy) is 2. The number of hydrogen-bond acceptors (Lipinski definition) is 3. The largest absolute Gasteiger partial charge is 0.497 e. The van der Waals surface area contributed by atoms with Gasteiger partial charge in [-0.3, -0.25) is 0 Å². The fourth-order valence-electron chi connectivity index (χ4n) is 2.24. The molecule has 0 bridgehead atoms. The van der Waals surface area contributed by atoms with Gasteiger partial charge in [0.15, 0.2) is 0 Å². The van der Waals surface area contributed by atoms with Crippen molar-refractivity contribution in [1.82, 2.24) is 0 Å². The van der Waals surface area contributed by atoms with E-state index in [2.05, 4.69) is 35.6 Å². The molecule has 1 N–H and O–H groups in total. The Hall–Kier alpha value is -2.16. The van der Waals surface area contributed by atoms with Gasteiger partial charge in [0.2, 0.25) is 0 Å². The second kappa shape index (κ2) is 8.20. The maximum Gasteiger partial charge on any atom is 0.124 e. The van der Waals surface area contributed by atoms with E-state index >= 15 is 0 Å². The van der Waals surface area contributed by atoms with Crippen LogP contribution in [0.2, 0.25) is 0 Å². The van der Waals surface area contributed by atoms with Crippen LogP contribution in [0, 0.1) is 0 Å². The molecular weight excluding hydrogens is 262 g/mol. The number of unbranched alkanes of at least 4 members (excludes halogenated alkanes) is 1. The monoisotopic (exact) mass is 285 g/mol. The summed E-state index contributed by atoms with van der Waals surface area (Å²) in [7, 11) is 3.33. The molecule has 0 aliphatic rings. The van der Waals surface area contributed by atoms with Gasteiger partial charge in [-0.2, -0.15) is 0 Å².